The summed E-state index contributed by atoms with van der Waals surface area (Å²) >= 11 is 7.20. The number of carbonyl (C=O) groups is 8. The van der Waals surface area contributed by atoms with Gasteiger partial charge in [0.25, 0.3) is 17.7 Å². The number of amides is 6. The van der Waals surface area contributed by atoms with Gasteiger partial charge in [0.2, 0.25) is 17.7 Å². The molecular weight excluding hydrogens is 1250 g/mol. The highest BCUT2D eigenvalue weighted by Gasteiger charge is 2.36. The molecule has 4 atom stereocenters. The fourth-order valence-electron chi connectivity index (χ4n) is 10.1. The van der Waals surface area contributed by atoms with Gasteiger partial charge in [0.15, 0.2) is 0 Å². The Kier molecular flexibility index (Phi) is 19.7. The number of aliphatic carboxylic acids is 2. The highest BCUT2D eigenvalue weighted by atomic mass is 32.1. The third-order valence-corrected chi connectivity index (χ3v) is 20.6. The summed E-state index contributed by atoms with van der Waals surface area (Å²) in [6, 6.07) is 10.6. The van der Waals surface area contributed by atoms with Crippen LogP contribution >= 0.6 is 68.0 Å². The largest absolute Gasteiger partial charge is 0.481 e. The van der Waals surface area contributed by atoms with Gasteiger partial charge >= 0.3 is 11.9 Å². The Hall–Kier alpha value is -8.13. The summed E-state index contributed by atoms with van der Waals surface area (Å²) in [6.07, 6.45) is 0.903. The van der Waals surface area contributed by atoms with Crippen molar-refractivity contribution in [2.24, 2.45) is 17.8 Å². The predicted molar refractivity (Wildman–Crippen MR) is 333 cm³/mol. The standard InChI is InChI=1S/C58H59N13O11S6/c1-26(2)43-56-70-47(38(88-56)21-82-6)49(77)60-19-41(73)67-44(27(3)29-10-8-7-9-11-29)55-65-37(24-85-55)53-63-35(22-84-53)46-32(51-64-36(23-83-51)48(76)62-34(18-40(72)59-5)54-69-45(28(4)87-54)50(78)68-43)16-17-33(61-46)52-66-39(25-86-52)71(20-42(74)75)57(79)30-12-14-31(15-13-30)58(80)81/h7-11,16-17,22-27,30-31,34,43-44H,12-15,18-21H2,1-6H3,(H,59,72)(H,60,77)(H,62,76)(H,67,73)(H,68,78)(H,74,75)(H,80,81)/t27-,30?,31?,34-,43?,44-/m0/s1. The molecule has 10 bridgehead atoms. The summed E-state index contributed by atoms with van der Waals surface area (Å²) in [4.78, 5) is 144. The number of methoxy groups -OCH3 is 1. The number of thiazole rings is 6. The van der Waals surface area contributed by atoms with Gasteiger partial charge < -0.3 is 41.5 Å². The molecular formula is C58H59N13O11S6. The molecule has 7 N–H and O–H groups in total. The molecule has 1 aliphatic heterocycles. The average Bonchev–Trinajstić information content (AvgIpc) is 2.82. The number of carboxylic acid groups (broad SMARTS) is 2. The van der Waals surface area contributed by atoms with Gasteiger partial charge in [0.1, 0.15) is 76.6 Å². The van der Waals surface area contributed by atoms with Crippen molar-refractivity contribution >= 4 is 121 Å². The number of fused-ring (bicyclic) bond motifs is 14. The molecule has 6 amide bonds. The van der Waals surface area contributed by atoms with Gasteiger partial charge in [-0.15, -0.1) is 68.0 Å². The van der Waals surface area contributed by atoms with Crippen LogP contribution < -0.4 is 31.5 Å². The Balaban J connectivity index is 1.05. The Bertz CT molecular complexity index is 3940. The first-order valence-electron chi connectivity index (χ1n) is 27.8. The van der Waals surface area contributed by atoms with Gasteiger partial charge in [-0.3, -0.25) is 43.3 Å². The molecule has 1 saturated carbocycles. The number of benzene rings is 1. The first-order chi connectivity index (χ1) is 42.3. The molecule has 10 rings (SSSR count). The molecule has 1 unspecified atom stereocenters. The maximum absolute atomic E-state index is 14.4. The number of hydrogen-bond acceptors (Lipinski definition) is 22. The Morgan fingerprint density at radius 1 is 0.670 bits per heavy atom. The molecule has 0 radical (unpaired) electrons. The maximum Gasteiger partial charge on any atom is 0.323 e. The first-order valence-corrected chi connectivity index (χ1v) is 32.9. The molecule has 7 aromatic heterocycles. The van der Waals surface area contributed by atoms with Gasteiger partial charge in [-0.25, -0.2) is 34.9 Å². The zero-order valence-electron chi connectivity index (χ0n) is 48.1. The van der Waals surface area contributed by atoms with Crippen LogP contribution in [-0.2, 0) is 35.3 Å². The number of ether oxygens (including phenoxy) is 1. The summed E-state index contributed by atoms with van der Waals surface area (Å²) < 4.78 is 5.47. The average molecular weight is 1310 g/mol. The number of nitrogens with one attached hydrogen (secondary N) is 5. The second-order valence-corrected chi connectivity index (χ2v) is 27.0. The van der Waals surface area contributed by atoms with Crippen LogP contribution in [0.25, 0.3) is 43.4 Å². The van der Waals surface area contributed by atoms with Crippen LogP contribution in [-0.4, -0.2) is 120 Å². The molecule has 0 spiro atoms. The van der Waals surface area contributed by atoms with Gasteiger partial charge in [-0.05, 0) is 56.2 Å². The lowest BCUT2D eigenvalue weighted by atomic mass is 9.81. The quantitative estimate of drug-likeness (QED) is 0.0567. The molecule has 24 nitrogen and oxygen atoms in total. The van der Waals surface area contributed by atoms with E-state index in [-0.39, 0.29) is 78.5 Å². The third kappa shape index (κ3) is 14.1. The summed E-state index contributed by atoms with van der Waals surface area (Å²) in [7, 11) is 2.94. The van der Waals surface area contributed by atoms with E-state index in [4.69, 9.17) is 39.6 Å². The van der Waals surface area contributed by atoms with Crippen molar-refractivity contribution in [3.63, 3.8) is 0 Å². The van der Waals surface area contributed by atoms with Crippen molar-refractivity contribution in [1.82, 2.24) is 61.5 Å². The number of rotatable bonds is 13. The Labute approximate surface area is 527 Å². The predicted octanol–water partition coefficient (Wildman–Crippen LogP) is 8.69. The molecule has 88 heavy (non-hydrogen) atoms. The van der Waals surface area contributed by atoms with Crippen LogP contribution in [0.15, 0.2) is 64.0 Å². The van der Waals surface area contributed by atoms with E-state index < -0.39 is 90.4 Å². The van der Waals surface area contributed by atoms with E-state index in [1.54, 1.807) is 35.2 Å². The zero-order chi connectivity index (χ0) is 62.5. The van der Waals surface area contributed by atoms with Crippen molar-refractivity contribution in [2.45, 2.75) is 90.4 Å². The molecule has 8 aromatic rings. The van der Waals surface area contributed by atoms with Gasteiger partial charge in [-0.2, -0.15) is 0 Å². The topological polar surface area (TPSA) is 340 Å². The van der Waals surface area contributed by atoms with E-state index in [1.165, 1.54) is 48.2 Å². The lowest BCUT2D eigenvalue weighted by molar-refractivity contribution is -0.144. The van der Waals surface area contributed by atoms with Crippen molar-refractivity contribution < 1.29 is 53.3 Å². The van der Waals surface area contributed by atoms with Crippen molar-refractivity contribution in [1.29, 1.82) is 0 Å². The van der Waals surface area contributed by atoms with E-state index in [2.05, 4.69) is 26.6 Å². The normalized spacial score (nSPS) is 18.7. The minimum atomic E-state index is -1.26. The molecule has 1 aliphatic carbocycles. The Morgan fingerprint density at radius 2 is 1.35 bits per heavy atom. The molecule has 458 valence electrons. The van der Waals surface area contributed by atoms with Crippen LogP contribution in [0.2, 0.25) is 0 Å². The second kappa shape index (κ2) is 27.5. The van der Waals surface area contributed by atoms with E-state index in [0.29, 0.717) is 63.1 Å². The van der Waals surface area contributed by atoms with Gasteiger partial charge in [-0.1, -0.05) is 51.1 Å². The Morgan fingerprint density at radius 3 is 2.07 bits per heavy atom. The minimum Gasteiger partial charge on any atom is -0.481 e. The third-order valence-electron chi connectivity index (χ3n) is 14.9. The van der Waals surface area contributed by atoms with Gasteiger partial charge in [0, 0.05) is 58.0 Å². The fourth-order valence-corrected chi connectivity index (χ4v) is 15.8. The van der Waals surface area contributed by atoms with E-state index in [9.17, 15) is 48.6 Å². The number of aryl methyl sites for hydroxylation is 1. The number of nitrogens with zero attached hydrogens (tertiary/aromatic N) is 8. The van der Waals surface area contributed by atoms with Crippen LogP contribution in [0.1, 0.15) is 139 Å². The molecule has 0 saturated heterocycles. The van der Waals surface area contributed by atoms with E-state index >= 15 is 0 Å². The molecule has 30 heteroatoms. The smallest absolute Gasteiger partial charge is 0.323 e. The zero-order valence-corrected chi connectivity index (χ0v) is 53.0. The molecule has 1 aromatic carbocycles. The summed E-state index contributed by atoms with van der Waals surface area (Å²) in [5, 5.41) is 43.1. The van der Waals surface area contributed by atoms with Gasteiger partial charge in [0.05, 0.1) is 54.2 Å². The monoisotopic (exact) mass is 1310 g/mol. The van der Waals surface area contributed by atoms with Crippen molar-refractivity contribution in [3.05, 3.63) is 111 Å². The molecule has 8 heterocycles. The SMILES string of the molecule is CNC(=O)C[C@@H]1NC(=O)c2csc(n2)-c2ccc(-c3nc(N(CC(=O)O)C(=O)C4CCC(C(=O)O)CC4)cs3)nc2-c2csc(n2)-c2csc(n2)[C@H]([C@@H](C)c2ccccc2)NC(=O)CNC(=O)c2nc(sc2COC)C(C(C)C)NC(=O)c2nc1sc2C. The highest BCUT2D eigenvalue weighted by Crippen LogP contribution is 2.41. The number of anilines is 1. The number of aromatic nitrogens is 7. The first kappa shape index (κ1) is 62.9. The molecule has 2 aliphatic rings. The van der Waals surface area contributed by atoms with Crippen LogP contribution in [0, 0.1) is 24.7 Å². The highest BCUT2D eigenvalue weighted by molar-refractivity contribution is 7.15. The fraction of sp³-hybridized carbons (Fsp3) is 0.362. The number of hydrogen-bond donors (Lipinski definition) is 7. The van der Waals surface area contributed by atoms with Crippen LogP contribution in [0.5, 0.6) is 0 Å². The summed E-state index contributed by atoms with van der Waals surface area (Å²) in [5.74, 6) is -7.04. The minimum absolute atomic E-state index is 0.000740. The molecule has 1 fully saturated rings. The lowest BCUT2D eigenvalue weighted by Gasteiger charge is -2.29. The maximum atomic E-state index is 14.4. The number of pyridine rings is 1. The lowest BCUT2D eigenvalue weighted by Crippen LogP contribution is -2.41. The van der Waals surface area contributed by atoms with Crippen molar-refractivity contribution in [3.8, 4) is 43.4 Å². The second-order valence-electron chi connectivity index (χ2n) is 21.2. The summed E-state index contributed by atoms with van der Waals surface area (Å²) in [6.45, 7) is 6.37. The number of carbonyl (C=O) groups excluding carboxylic acids is 6. The van der Waals surface area contributed by atoms with Crippen LogP contribution in [0.4, 0.5) is 5.82 Å². The van der Waals surface area contributed by atoms with E-state index in [1.807, 2.05) is 56.5 Å². The van der Waals surface area contributed by atoms with E-state index in [0.717, 1.165) is 44.5 Å². The van der Waals surface area contributed by atoms with Crippen LogP contribution in [0.3, 0.4) is 0 Å². The summed E-state index contributed by atoms with van der Waals surface area (Å²) in [5.41, 5.74) is 3.01. The number of carboxylic acids is 2. The van der Waals surface area contributed by atoms with Crippen molar-refractivity contribution in [2.75, 3.05) is 32.1 Å².